The molecule has 0 saturated heterocycles. The molecular weight excluding hydrogens is 236 g/mol. The van der Waals surface area contributed by atoms with Crippen LogP contribution < -0.4 is 15.2 Å². The van der Waals surface area contributed by atoms with Crippen LogP contribution in [0.2, 0.25) is 0 Å². The highest BCUT2D eigenvalue weighted by Gasteiger charge is 2.06. The molecule has 0 saturated carbocycles. The molecule has 90 valence electrons. The number of nitrogens with zero attached hydrogens (tertiary/aromatic N) is 1. The van der Waals surface area contributed by atoms with Crippen molar-refractivity contribution in [3.05, 3.63) is 34.8 Å². The summed E-state index contributed by atoms with van der Waals surface area (Å²) in [7, 11) is 3.25. The molecule has 0 bridgehead atoms. The monoisotopic (exact) mass is 250 g/mol. The van der Waals surface area contributed by atoms with Crippen LogP contribution in [0, 0.1) is 0 Å². The van der Waals surface area contributed by atoms with E-state index in [-0.39, 0.29) is 0 Å². The van der Waals surface area contributed by atoms with E-state index in [1.165, 1.54) is 11.3 Å². The van der Waals surface area contributed by atoms with Gasteiger partial charge >= 0.3 is 0 Å². The Labute approximate surface area is 104 Å². The molecule has 17 heavy (non-hydrogen) atoms. The van der Waals surface area contributed by atoms with Gasteiger partial charge in [0.15, 0.2) is 16.6 Å². The normalized spacial score (nSPS) is 10.2. The molecule has 0 aliphatic rings. The third-order valence-corrected chi connectivity index (χ3v) is 3.13. The first-order valence-electron chi connectivity index (χ1n) is 5.13. The molecular formula is C12H14N2O2S. The lowest BCUT2D eigenvalue weighted by Crippen LogP contribution is -1.94. The van der Waals surface area contributed by atoms with E-state index >= 15 is 0 Å². The van der Waals surface area contributed by atoms with Crippen molar-refractivity contribution < 1.29 is 9.47 Å². The van der Waals surface area contributed by atoms with Gasteiger partial charge in [0.1, 0.15) is 0 Å². The molecule has 0 amide bonds. The van der Waals surface area contributed by atoms with Gasteiger partial charge in [-0.1, -0.05) is 6.07 Å². The molecule has 1 aromatic heterocycles. The van der Waals surface area contributed by atoms with Gasteiger partial charge < -0.3 is 15.2 Å². The summed E-state index contributed by atoms with van der Waals surface area (Å²) in [5.74, 6) is 1.46. The Hall–Kier alpha value is -1.75. The first kappa shape index (κ1) is 11.7. The van der Waals surface area contributed by atoms with Gasteiger partial charge in [-0.3, -0.25) is 0 Å². The second-order valence-electron chi connectivity index (χ2n) is 3.54. The smallest absolute Gasteiger partial charge is 0.180 e. The summed E-state index contributed by atoms with van der Waals surface area (Å²) in [5, 5.41) is 2.56. The van der Waals surface area contributed by atoms with Gasteiger partial charge in [-0.15, -0.1) is 11.3 Å². The van der Waals surface area contributed by atoms with Crippen molar-refractivity contribution in [3.63, 3.8) is 0 Å². The Morgan fingerprint density at radius 3 is 2.59 bits per heavy atom. The lowest BCUT2D eigenvalue weighted by Gasteiger charge is -2.08. The molecule has 0 fully saturated rings. The first-order valence-corrected chi connectivity index (χ1v) is 6.01. The lowest BCUT2D eigenvalue weighted by molar-refractivity contribution is 0.354. The van der Waals surface area contributed by atoms with Crippen molar-refractivity contribution in [1.29, 1.82) is 0 Å². The quantitative estimate of drug-likeness (QED) is 0.904. The highest BCUT2D eigenvalue weighted by Crippen LogP contribution is 2.28. The van der Waals surface area contributed by atoms with Crippen molar-refractivity contribution >= 4 is 16.5 Å². The summed E-state index contributed by atoms with van der Waals surface area (Å²) in [4.78, 5) is 4.23. The number of hydrogen-bond donors (Lipinski definition) is 1. The zero-order valence-corrected chi connectivity index (χ0v) is 10.6. The van der Waals surface area contributed by atoms with Gasteiger partial charge in [0, 0.05) is 11.8 Å². The van der Waals surface area contributed by atoms with Gasteiger partial charge in [0.2, 0.25) is 0 Å². The van der Waals surface area contributed by atoms with E-state index < -0.39 is 0 Å². The van der Waals surface area contributed by atoms with Gasteiger partial charge in [-0.2, -0.15) is 0 Å². The van der Waals surface area contributed by atoms with Crippen LogP contribution >= 0.6 is 11.3 Å². The number of nitrogen functional groups attached to an aromatic ring is 1. The Kier molecular flexibility index (Phi) is 3.49. The average molecular weight is 250 g/mol. The number of hydrogen-bond acceptors (Lipinski definition) is 5. The van der Waals surface area contributed by atoms with E-state index in [4.69, 9.17) is 15.2 Å². The van der Waals surface area contributed by atoms with E-state index in [0.29, 0.717) is 5.13 Å². The summed E-state index contributed by atoms with van der Waals surface area (Å²) < 4.78 is 10.4. The van der Waals surface area contributed by atoms with E-state index in [1.807, 2.05) is 23.6 Å². The molecule has 0 aliphatic heterocycles. The van der Waals surface area contributed by atoms with Crippen molar-refractivity contribution in [3.8, 4) is 11.5 Å². The van der Waals surface area contributed by atoms with Crippen molar-refractivity contribution in [1.82, 2.24) is 4.98 Å². The van der Waals surface area contributed by atoms with E-state index in [0.717, 1.165) is 29.2 Å². The molecule has 0 unspecified atom stereocenters. The number of methoxy groups -OCH3 is 2. The minimum Gasteiger partial charge on any atom is -0.493 e. The predicted molar refractivity (Wildman–Crippen MR) is 68.9 cm³/mol. The molecule has 0 radical (unpaired) electrons. The number of rotatable bonds is 4. The fourth-order valence-corrected chi connectivity index (χ4v) is 2.17. The lowest BCUT2D eigenvalue weighted by atomic mass is 10.1. The number of ether oxygens (including phenoxy) is 2. The minimum absolute atomic E-state index is 0.598. The Bertz CT molecular complexity index is 511. The van der Waals surface area contributed by atoms with Gasteiger partial charge in [-0.05, 0) is 17.7 Å². The molecule has 5 heteroatoms. The summed E-state index contributed by atoms with van der Waals surface area (Å²) in [5.41, 5.74) is 7.69. The van der Waals surface area contributed by atoms with Crippen LogP contribution in [0.25, 0.3) is 0 Å². The second kappa shape index (κ2) is 5.05. The summed E-state index contributed by atoms with van der Waals surface area (Å²) in [6, 6.07) is 5.84. The number of aromatic nitrogens is 1. The Balaban J connectivity index is 2.22. The summed E-state index contributed by atoms with van der Waals surface area (Å²) in [6.45, 7) is 0. The fraction of sp³-hybridized carbons (Fsp3) is 0.250. The molecule has 2 rings (SSSR count). The van der Waals surface area contributed by atoms with Crippen LogP contribution in [0.4, 0.5) is 5.13 Å². The van der Waals surface area contributed by atoms with E-state index in [1.54, 1.807) is 14.2 Å². The summed E-state index contributed by atoms with van der Waals surface area (Å²) >= 11 is 1.45. The number of nitrogens with two attached hydrogens (primary N) is 1. The minimum atomic E-state index is 0.598. The van der Waals surface area contributed by atoms with E-state index in [2.05, 4.69) is 4.98 Å². The molecule has 2 aromatic rings. The topological polar surface area (TPSA) is 57.4 Å². The van der Waals surface area contributed by atoms with Gasteiger partial charge in [0.25, 0.3) is 0 Å². The molecule has 0 aliphatic carbocycles. The third kappa shape index (κ3) is 2.68. The largest absolute Gasteiger partial charge is 0.493 e. The van der Waals surface area contributed by atoms with Crippen molar-refractivity contribution in [2.75, 3.05) is 20.0 Å². The van der Waals surface area contributed by atoms with Crippen LogP contribution in [-0.4, -0.2) is 19.2 Å². The summed E-state index contributed by atoms with van der Waals surface area (Å²) in [6.07, 6.45) is 0.744. The molecule has 2 N–H and O–H groups in total. The standard InChI is InChI=1S/C12H14N2O2S/c1-15-10-4-3-8(6-11(10)16-2)5-9-7-17-12(13)14-9/h3-4,6-7H,5H2,1-2H3,(H2,13,14). The highest BCUT2D eigenvalue weighted by molar-refractivity contribution is 7.13. The Morgan fingerprint density at radius 1 is 1.24 bits per heavy atom. The SMILES string of the molecule is COc1ccc(Cc2csc(N)n2)cc1OC. The maximum absolute atomic E-state index is 5.60. The number of anilines is 1. The molecule has 4 nitrogen and oxygen atoms in total. The average Bonchev–Trinajstić information content (AvgIpc) is 2.74. The molecule has 0 spiro atoms. The maximum Gasteiger partial charge on any atom is 0.180 e. The van der Waals surface area contributed by atoms with Crippen LogP contribution in [0.1, 0.15) is 11.3 Å². The van der Waals surface area contributed by atoms with Gasteiger partial charge in [-0.25, -0.2) is 4.98 Å². The van der Waals surface area contributed by atoms with Gasteiger partial charge in [0.05, 0.1) is 19.9 Å². The molecule has 1 aromatic carbocycles. The first-order chi connectivity index (χ1) is 8.22. The fourth-order valence-electron chi connectivity index (χ4n) is 1.60. The molecule has 0 atom stereocenters. The third-order valence-electron chi connectivity index (χ3n) is 2.40. The van der Waals surface area contributed by atoms with Crippen LogP contribution in [0.15, 0.2) is 23.6 Å². The second-order valence-corrected chi connectivity index (χ2v) is 4.43. The zero-order valence-electron chi connectivity index (χ0n) is 9.77. The highest BCUT2D eigenvalue weighted by atomic mass is 32.1. The van der Waals surface area contributed by atoms with E-state index in [9.17, 15) is 0 Å². The maximum atomic E-state index is 5.60. The van der Waals surface area contributed by atoms with Crippen LogP contribution in [-0.2, 0) is 6.42 Å². The number of thiazole rings is 1. The van der Waals surface area contributed by atoms with Crippen molar-refractivity contribution in [2.24, 2.45) is 0 Å². The van der Waals surface area contributed by atoms with Crippen LogP contribution in [0.3, 0.4) is 0 Å². The predicted octanol–water partition coefficient (Wildman–Crippen LogP) is 2.33. The zero-order chi connectivity index (χ0) is 12.3. The molecule has 1 heterocycles. The van der Waals surface area contributed by atoms with Crippen molar-refractivity contribution in [2.45, 2.75) is 6.42 Å². The van der Waals surface area contributed by atoms with Crippen LogP contribution in [0.5, 0.6) is 11.5 Å². The number of benzene rings is 1. The Morgan fingerprint density at radius 2 is 2.00 bits per heavy atom.